The largest absolute Gasteiger partial charge is 0.468 e. The molecule has 2 aromatic carbocycles. The van der Waals surface area contributed by atoms with Gasteiger partial charge in [-0.2, -0.15) is 0 Å². The van der Waals surface area contributed by atoms with Crippen LogP contribution in [0.5, 0.6) is 0 Å². The minimum Gasteiger partial charge on any atom is -0.468 e. The lowest BCUT2D eigenvalue weighted by molar-refractivity contribution is -0.150. The van der Waals surface area contributed by atoms with E-state index in [1.165, 1.54) is 36.4 Å². The maximum Gasteiger partial charge on any atom is 0.325 e. The zero-order chi connectivity index (χ0) is 23.7. The highest BCUT2D eigenvalue weighted by Crippen LogP contribution is 2.24. The third kappa shape index (κ3) is 7.10. The van der Waals surface area contributed by atoms with Crippen LogP contribution in [-0.2, 0) is 33.9 Å². The summed E-state index contributed by atoms with van der Waals surface area (Å²) in [5.41, 5.74) is 0.770. The highest BCUT2D eigenvalue weighted by molar-refractivity contribution is 7.92. The van der Waals surface area contributed by atoms with Crippen molar-refractivity contribution >= 4 is 51.2 Å². The standard InChI is InChI=1S/C21H21ClN2O7S/c1-30-20(26)13-24(14-21(27)31-2)19(25)12-9-15-7-10-16(11-8-15)32(28,29)23-18-6-4-3-5-17(18)22/h3-12,23H,13-14H2,1-2H3/b12-9+. The van der Waals surface area contributed by atoms with Crippen LogP contribution < -0.4 is 4.72 Å². The molecule has 0 fully saturated rings. The molecule has 0 saturated heterocycles. The maximum absolute atomic E-state index is 12.5. The second-order valence-electron chi connectivity index (χ2n) is 6.33. The van der Waals surface area contributed by atoms with Gasteiger partial charge >= 0.3 is 11.9 Å². The lowest BCUT2D eigenvalue weighted by Crippen LogP contribution is -2.39. The third-order valence-corrected chi connectivity index (χ3v) is 5.84. The van der Waals surface area contributed by atoms with Crippen molar-refractivity contribution in [3.8, 4) is 0 Å². The Bertz CT molecular complexity index is 1100. The van der Waals surface area contributed by atoms with E-state index < -0.39 is 41.0 Å². The topological polar surface area (TPSA) is 119 Å². The molecule has 0 radical (unpaired) electrons. The summed E-state index contributed by atoms with van der Waals surface area (Å²) in [5, 5.41) is 0.262. The summed E-state index contributed by atoms with van der Waals surface area (Å²) in [4.78, 5) is 36.3. The van der Waals surface area contributed by atoms with Gasteiger partial charge in [0.05, 0.1) is 29.8 Å². The van der Waals surface area contributed by atoms with Crippen molar-refractivity contribution in [2.45, 2.75) is 4.90 Å². The third-order valence-electron chi connectivity index (χ3n) is 4.13. The van der Waals surface area contributed by atoms with Crippen LogP contribution >= 0.6 is 11.6 Å². The molecule has 1 N–H and O–H groups in total. The Morgan fingerprint density at radius 2 is 1.53 bits per heavy atom. The second-order valence-corrected chi connectivity index (χ2v) is 8.42. The van der Waals surface area contributed by atoms with Crippen molar-refractivity contribution in [1.82, 2.24) is 4.90 Å². The molecule has 0 aliphatic heterocycles. The number of amides is 1. The van der Waals surface area contributed by atoms with E-state index in [2.05, 4.69) is 14.2 Å². The lowest BCUT2D eigenvalue weighted by atomic mass is 10.2. The predicted molar refractivity (Wildman–Crippen MR) is 118 cm³/mol. The molecular formula is C21H21ClN2O7S. The quantitative estimate of drug-likeness (QED) is 0.432. The molecule has 0 aliphatic rings. The van der Waals surface area contributed by atoms with Crippen molar-refractivity contribution in [3.63, 3.8) is 0 Å². The number of nitrogens with zero attached hydrogens (tertiary/aromatic N) is 1. The number of esters is 2. The van der Waals surface area contributed by atoms with Crippen molar-refractivity contribution in [2.24, 2.45) is 0 Å². The molecule has 9 nitrogen and oxygen atoms in total. The lowest BCUT2D eigenvalue weighted by Gasteiger charge is -2.18. The molecule has 0 heterocycles. The molecule has 32 heavy (non-hydrogen) atoms. The molecule has 170 valence electrons. The highest BCUT2D eigenvalue weighted by atomic mass is 35.5. The number of sulfonamides is 1. The smallest absolute Gasteiger partial charge is 0.325 e. The van der Waals surface area contributed by atoms with Gasteiger partial charge in [0, 0.05) is 6.08 Å². The molecular weight excluding hydrogens is 460 g/mol. The molecule has 0 atom stereocenters. The monoisotopic (exact) mass is 480 g/mol. The summed E-state index contributed by atoms with van der Waals surface area (Å²) in [6.45, 7) is -0.862. The van der Waals surface area contributed by atoms with Crippen molar-refractivity contribution in [2.75, 3.05) is 32.0 Å². The normalized spacial score (nSPS) is 11.1. The molecule has 0 saturated carbocycles. The summed E-state index contributed by atoms with van der Waals surface area (Å²) in [6, 6.07) is 12.2. The molecule has 11 heteroatoms. The Balaban J connectivity index is 2.12. The van der Waals surface area contributed by atoms with Gasteiger partial charge in [0.15, 0.2) is 0 Å². The number of para-hydroxylation sites is 1. The van der Waals surface area contributed by atoms with Crippen LogP contribution in [0.3, 0.4) is 0 Å². The summed E-state index contributed by atoms with van der Waals surface area (Å²) in [7, 11) is -1.54. The number of carbonyl (C=O) groups is 3. The Labute approximate surface area is 190 Å². The summed E-state index contributed by atoms with van der Waals surface area (Å²) in [5.74, 6) is -2.02. The van der Waals surface area contributed by atoms with E-state index in [0.29, 0.717) is 5.56 Å². The molecule has 2 aromatic rings. The predicted octanol–water partition coefficient (Wildman–Crippen LogP) is 2.33. The van der Waals surface area contributed by atoms with Gasteiger partial charge in [0.2, 0.25) is 5.91 Å². The van der Waals surface area contributed by atoms with Crippen molar-refractivity contribution in [1.29, 1.82) is 0 Å². The number of benzene rings is 2. The molecule has 1 amide bonds. The fraction of sp³-hybridized carbons (Fsp3) is 0.190. The van der Waals surface area contributed by atoms with E-state index in [-0.39, 0.29) is 15.6 Å². The van der Waals surface area contributed by atoms with Crippen LogP contribution in [0.15, 0.2) is 59.5 Å². The number of anilines is 1. The number of carbonyl (C=O) groups excluding carboxylic acids is 3. The van der Waals surface area contributed by atoms with Crippen molar-refractivity contribution < 1.29 is 32.3 Å². The van der Waals surface area contributed by atoms with E-state index in [9.17, 15) is 22.8 Å². The Morgan fingerprint density at radius 1 is 0.969 bits per heavy atom. The molecule has 0 unspecified atom stereocenters. The van der Waals surface area contributed by atoms with Crippen LogP contribution in [0.1, 0.15) is 5.56 Å². The van der Waals surface area contributed by atoms with Gasteiger partial charge in [-0.15, -0.1) is 0 Å². The van der Waals surface area contributed by atoms with E-state index in [0.717, 1.165) is 25.2 Å². The highest BCUT2D eigenvalue weighted by Gasteiger charge is 2.19. The van der Waals surface area contributed by atoms with Crippen LogP contribution in [0.4, 0.5) is 5.69 Å². The number of halogens is 1. The van der Waals surface area contributed by atoms with E-state index in [4.69, 9.17) is 11.6 Å². The minimum absolute atomic E-state index is 0.00101. The Hall–Kier alpha value is -3.37. The van der Waals surface area contributed by atoms with Gasteiger partial charge in [0.1, 0.15) is 13.1 Å². The average molecular weight is 481 g/mol. The Kier molecular flexibility index (Phi) is 8.80. The molecule has 0 aliphatic carbocycles. The first-order chi connectivity index (χ1) is 15.2. The summed E-state index contributed by atoms with van der Waals surface area (Å²) < 4.78 is 36.5. The van der Waals surface area contributed by atoms with Gasteiger partial charge in [-0.1, -0.05) is 35.9 Å². The van der Waals surface area contributed by atoms with Gasteiger partial charge < -0.3 is 14.4 Å². The van der Waals surface area contributed by atoms with Crippen LogP contribution in [0, 0.1) is 0 Å². The van der Waals surface area contributed by atoms with Gasteiger partial charge in [-0.3, -0.25) is 19.1 Å². The van der Waals surface area contributed by atoms with E-state index in [1.807, 2.05) is 0 Å². The van der Waals surface area contributed by atoms with Gasteiger partial charge in [0.25, 0.3) is 10.0 Å². The Morgan fingerprint density at radius 3 is 2.06 bits per heavy atom. The second kappa shape index (κ2) is 11.3. The SMILES string of the molecule is COC(=O)CN(CC(=O)OC)C(=O)/C=C/c1ccc(S(=O)(=O)Nc2ccccc2Cl)cc1. The number of hydrogen-bond donors (Lipinski definition) is 1. The minimum atomic E-state index is -3.87. The maximum atomic E-state index is 12.5. The van der Waals surface area contributed by atoms with Gasteiger partial charge in [-0.25, -0.2) is 8.42 Å². The van der Waals surface area contributed by atoms with Crippen LogP contribution in [0.25, 0.3) is 6.08 Å². The first-order valence-corrected chi connectivity index (χ1v) is 11.0. The molecule has 0 spiro atoms. The summed E-state index contributed by atoms with van der Waals surface area (Å²) >= 11 is 5.99. The fourth-order valence-corrected chi connectivity index (χ4v) is 3.75. The number of ether oxygens (including phenoxy) is 2. The first-order valence-electron chi connectivity index (χ1n) is 9.14. The van der Waals surface area contributed by atoms with E-state index in [1.54, 1.807) is 18.2 Å². The molecule has 0 aromatic heterocycles. The van der Waals surface area contributed by atoms with E-state index >= 15 is 0 Å². The summed E-state index contributed by atoms with van der Waals surface area (Å²) in [6.07, 6.45) is 2.57. The zero-order valence-corrected chi connectivity index (χ0v) is 18.9. The van der Waals surface area contributed by atoms with Crippen molar-refractivity contribution in [3.05, 3.63) is 65.2 Å². The molecule has 2 rings (SSSR count). The number of rotatable bonds is 9. The van der Waals surface area contributed by atoms with Crippen LogP contribution in [-0.4, -0.2) is 58.5 Å². The zero-order valence-electron chi connectivity index (χ0n) is 17.3. The molecule has 0 bridgehead atoms. The number of nitrogens with one attached hydrogen (secondary N) is 1. The van der Waals surface area contributed by atoms with Crippen LogP contribution in [0.2, 0.25) is 5.02 Å². The number of methoxy groups -OCH3 is 2. The first kappa shape index (κ1) is 24.9. The number of hydrogen-bond acceptors (Lipinski definition) is 7. The van der Waals surface area contributed by atoms with Gasteiger partial charge in [-0.05, 0) is 35.9 Å². The average Bonchev–Trinajstić information content (AvgIpc) is 2.78. The fourth-order valence-electron chi connectivity index (χ4n) is 2.43.